The van der Waals surface area contributed by atoms with Gasteiger partial charge in [0.25, 0.3) is 0 Å². The van der Waals surface area contributed by atoms with Gasteiger partial charge >= 0.3 is 6.09 Å². The molecule has 9 nitrogen and oxygen atoms in total. The summed E-state index contributed by atoms with van der Waals surface area (Å²) in [6.07, 6.45) is 3.58. The zero-order valence-corrected chi connectivity index (χ0v) is 32.8. The van der Waals surface area contributed by atoms with Crippen LogP contribution in [-0.4, -0.2) is 32.6 Å². The third kappa shape index (κ3) is 7.10. The van der Waals surface area contributed by atoms with Crippen molar-refractivity contribution < 1.29 is 18.7 Å². The minimum atomic E-state index is -0.684. The summed E-state index contributed by atoms with van der Waals surface area (Å²) in [5, 5.41) is 4.43. The summed E-state index contributed by atoms with van der Waals surface area (Å²) in [6.45, 7) is 5.50. The van der Waals surface area contributed by atoms with Crippen molar-refractivity contribution in [2.45, 2.75) is 38.3 Å². The molecule has 2 aliphatic rings. The number of amidine groups is 1. The predicted molar refractivity (Wildman–Crippen MR) is 204 cm³/mol. The summed E-state index contributed by atoms with van der Waals surface area (Å²) < 4.78 is 20.8. The molecule has 7 rings (SSSR count). The molecule has 1 atom stereocenters. The molecule has 0 bridgehead atoms. The fraction of sp³-hybridized carbons (Fsp3) is 0.219. The third-order valence-electron chi connectivity index (χ3n) is 6.92. The number of ether oxygens (including phenoxy) is 2. The topological polar surface area (TPSA) is 116 Å². The van der Waals surface area contributed by atoms with Gasteiger partial charge in [-0.25, -0.2) is 19.8 Å². The van der Waals surface area contributed by atoms with Crippen LogP contribution >= 0.6 is 88.8 Å². The van der Waals surface area contributed by atoms with Crippen LogP contribution in [0.15, 0.2) is 84.1 Å². The first-order valence-corrected chi connectivity index (χ1v) is 18.6. The summed E-state index contributed by atoms with van der Waals surface area (Å²) in [4.78, 5) is 38.2. The Balaban J connectivity index is 0.000000185. The molecule has 0 fully saturated rings. The van der Waals surface area contributed by atoms with Gasteiger partial charge in [0.15, 0.2) is 5.17 Å². The van der Waals surface area contributed by atoms with E-state index in [0.717, 1.165) is 45.1 Å². The van der Waals surface area contributed by atoms with E-state index in [1.54, 1.807) is 24.5 Å². The van der Waals surface area contributed by atoms with Gasteiger partial charge in [-0.05, 0) is 153 Å². The Morgan fingerprint density at radius 3 is 2.48 bits per heavy atom. The standard InChI is InChI=1S/C20H19BrIN3O3S.C12H5BrINO2/c1-19(2,3)28-18(26)24-17-25-20(6-7-29-17)13-9-12(22)4-5-15(13)27-16-14(20)8-11(21)10-23-16;13-6-3-9-11(16)8-4-7(14)1-2-10(8)17-12(9)15-5-6/h4-5,8-10H,6-7H2,1-3H3,(H,24,25,26);1-5H. The summed E-state index contributed by atoms with van der Waals surface area (Å²) in [5.41, 5.74) is 1.48. The molecule has 5 aromatic rings. The molecular weight excluding hydrogens is 966 g/mol. The number of carbonyl (C=O) groups excluding carboxylic acids is 1. The number of halogens is 4. The predicted octanol–water partition coefficient (Wildman–Crippen LogP) is 9.52. The Labute approximate surface area is 312 Å². The molecule has 14 heteroatoms. The van der Waals surface area contributed by atoms with Gasteiger partial charge in [-0.15, -0.1) is 0 Å². The number of hydrogen-bond acceptors (Lipinski definition) is 9. The van der Waals surface area contributed by atoms with Crippen LogP contribution in [0.3, 0.4) is 0 Å². The summed E-state index contributed by atoms with van der Waals surface area (Å²) >= 11 is 12.8. The van der Waals surface area contributed by atoms with Crippen molar-refractivity contribution >= 4 is 122 Å². The lowest BCUT2D eigenvalue weighted by molar-refractivity contribution is 0.0564. The summed E-state index contributed by atoms with van der Waals surface area (Å²) in [6, 6.07) is 15.3. The van der Waals surface area contributed by atoms with E-state index >= 15 is 0 Å². The molecule has 1 spiro atoms. The highest BCUT2D eigenvalue weighted by molar-refractivity contribution is 14.1. The number of amides is 1. The fourth-order valence-electron chi connectivity index (χ4n) is 5.06. The van der Waals surface area contributed by atoms with Gasteiger partial charge in [0.05, 0.1) is 10.8 Å². The summed E-state index contributed by atoms with van der Waals surface area (Å²) in [7, 11) is 0. The van der Waals surface area contributed by atoms with Crippen LogP contribution in [0.5, 0.6) is 11.6 Å². The SMILES string of the molecule is CC(C)(C)OC(=O)NC1=NC2(CCS1)c1cc(I)ccc1Oc1ncc(Br)cc12.O=c1c2cc(I)ccc2oc2ncc(Br)cc12. The first-order chi connectivity index (χ1) is 21.8. The second kappa shape index (κ2) is 13.3. The molecule has 3 aromatic heterocycles. The largest absolute Gasteiger partial charge is 0.444 e. The Morgan fingerprint density at radius 2 is 1.70 bits per heavy atom. The maximum absolute atomic E-state index is 12.3. The highest BCUT2D eigenvalue weighted by atomic mass is 127. The number of carbonyl (C=O) groups is 1. The normalized spacial score (nSPS) is 16.9. The van der Waals surface area contributed by atoms with Crippen LogP contribution in [0.2, 0.25) is 0 Å². The number of rotatable bonds is 0. The average Bonchev–Trinajstić information content (AvgIpc) is 2.99. The molecular formula is C32H24Br2I2N4O5S. The van der Waals surface area contributed by atoms with Crippen LogP contribution in [0.25, 0.3) is 22.1 Å². The third-order valence-corrected chi connectivity index (χ3v) is 10.00. The molecule has 1 N–H and O–H groups in total. The lowest BCUT2D eigenvalue weighted by Crippen LogP contribution is -2.41. The second-order valence-electron chi connectivity index (χ2n) is 11.3. The van der Waals surface area contributed by atoms with Crippen molar-refractivity contribution in [2.24, 2.45) is 4.99 Å². The van der Waals surface area contributed by atoms with E-state index < -0.39 is 17.2 Å². The fourth-order valence-corrected chi connectivity index (χ4v) is 7.67. The number of pyridine rings is 2. The lowest BCUT2D eigenvalue weighted by Gasteiger charge is -2.39. The molecule has 236 valence electrons. The Kier molecular flexibility index (Phi) is 9.73. The molecule has 46 heavy (non-hydrogen) atoms. The molecule has 0 saturated heterocycles. The zero-order chi connectivity index (χ0) is 32.8. The number of alkyl carbamates (subject to hydrolysis) is 1. The lowest BCUT2D eigenvalue weighted by atomic mass is 9.79. The Hall–Kier alpha value is -2.28. The van der Waals surface area contributed by atoms with Crippen LogP contribution in [0.1, 0.15) is 38.3 Å². The molecule has 0 radical (unpaired) electrons. The van der Waals surface area contributed by atoms with Crippen LogP contribution < -0.4 is 15.5 Å². The second-order valence-corrected chi connectivity index (χ2v) is 16.7. The van der Waals surface area contributed by atoms with Gasteiger partial charge in [-0.3, -0.25) is 10.1 Å². The number of nitrogens with one attached hydrogen (secondary N) is 1. The molecule has 1 amide bonds. The molecule has 0 saturated carbocycles. The Morgan fingerprint density at radius 1 is 0.978 bits per heavy atom. The number of fused-ring (bicyclic) bond motifs is 6. The van der Waals surface area contributed by atoms with Crippen LogP contribution in [0.4, 0.5) is 4.79 Å². The zero-order valence-electron chi connectivity index (χ0n) is 24.5. The van der Waals surface area contributed by atoms with E-state index in [1.165, 1.54) is 11.8 Å². The molecule has 5 heterocycles. The molecule has 1 unspecified atom stereocenters. The highest BCUT2D eigenvalue weighted by Crippen LogP contribution is 2.53. The van der Waals surface area contributed by atoms with Crippen LogP contribution in [0, 0.1) is 7.14 Å². The number of thioether (sulfide) groups is 1. The molecule has 0 aliphatic carbocycles. The van der Waals surface area contributed by atoms with Crippen molar-refractivity contribution in [3.8, 4) is 11.6 Å². The van der Waals surface area contributed by atoms with Gasteiger partial charge in [0, 0.05) is 45.4 Å². The number of aromatic nitrogens is 2. The van der Waals surface area contributed by atoms with Gasteiger partial charge in [0.2, 0.25) is 17.0 Å². The van der Waals surface area contributed by atoms with E-state index in [-0.39, 0.29) is 5.43 Å². The number of aliphatic imine (C=N–C) groups is 1. The van der Waals surface area contributed by atoms with Gasteiger partial charge in [0.1, 0.15) is 22.5 Å². The first kappa shape index (κ1) is 33.6. The van der Waals surface area contributed by atoms with E-state index in [2.05, 4.69) is 98.4 Å². The van der Waals surface area contributed by atoms with Crippen LogP contribution in [-0.2, 0) is 10.3 Å². The smallest absolute Gasteiger partial charge is 0.413 e. The average molecular weight is 990 g/mol. The Bertz CT molecular complexity index is 2000. The maximum Gasteiger partial charge on any atom is 0.413 e. The van der Waals surface area contributed by atoms with E-state index in [9.17, 15) is 9.59 Å². The van der Waals surface area contributed by atoms with Crippen molar-refractivity contribution in [3.63, 3.8) is 0 Å². The van der Waals surface area contributed by atoms with E-state index in [1.807, 2.05) is 51.1 Å². The summed E-state index contributed by atoms with van der Waals surface area (Å²) in [5.74, 6) is 2.06. The van der Waals surface area contributed by atoms with Gasteiger partial charge in [-0.1, -0.05) is 11.8 Å². The van der Waals surface area contributed by atoms with Crippen molar-refractivity contribution in [2.75, 3.05) is 5.75 Å². The first-order valence-electron chi connectivity index (χ1n) is 13.9. The minimum Gasteiger partial charge on any atom is -0.444 e. The number of nitrogens with zero attached hydrogens (tertiary/aromatic N) is 3. The van der Waals surface area contributed by atoms with E-state index in [4.69, 9.17) is 18.9 Å². The minimum absolute atomic E-state index is 0.0476. The quantitative estimate of drug-likeness (QED) is 0.121. The van der Waals surface area contributed by atoms with Gasteiger partial charge < -0.3 is 13.9 Å². The van der Waals surface area contributed by atoms with E-state index in [0.29, 0.717) is 33.1 Å². The van der Waals surface area contributed by atoms with Crippen molar-refractivity contribution in [3.05, 3.63) is 98.4 Å². The number of benzene rings is 2. The molecule has 2 aliphatic heterocycles. The molecule has 2 aromatic carbocycles. The van der Waals surface area contributed by atoms with Crippen molar-refractivity contribution in [1.82, 2.24) is 15.3 Å². The maximum atomic E-state index is 12.3. The number of hydrogen-bond donors (Lipinski definition) is 1. The van der Waals surface area contributed by atoms with Crippen molar-refractivity contribution in [1.29, 1.82) is 0 Å². The van der Waals surface area contributed by atoms with Gasteiger partial charge in [-0.2, -0.15) is 0 Å². The monoisotopic (exact) mass is 988 g/mol. The highest BCUT2D eigenvalue weighted by Gasteiger charge is 2.45.